The number of amides is 2. The van der Waals surface area contributed by atoms with E-state index >= 15 is 0 Å². The molecule has 0 radical (unpaired) electrons. The van der Waals surface area contributed by atoms with Crippen LogP contribution in [0.15, 0.2) is 36.4 Å². The molecule has 0 unspecified atom stereocenters. The van der Waals surface area contributed by atoms with E-state index in [9.17, 15) is 34.5 Å². The zero-order valence-electron chi connectivity index (χ0n) is 26.9. The van der Waals surface area contributed by atoms with Gasteiger partial charge in [-0.3, -0.25) is 14.4 Å². The molecule has 0 saturated carbocycles. The Morgan fingerprint density at radius 1 is 1.00 bits per heavy atom. The fraction of sp³-hybridized carbons (Fsp3) is 0.600. The molecule has 1 aromatic carbocycles. The first-order valence-electron chi connectivity index (χ1n) is 16.0. The van der Waals surface area contributed by atoms with E-state index in [2.05, 4.69) is 24.1 Å². The van der Waals surface area contributed by atoms with E-state index in [4.69, 9.17) is 10.5 Å². The van der Waals surface area contributed by atoms with Gasteiger partial charge in [0, 0.05) is 32.3 Å². The first-order chi connectivity index (χ1) is 21.6. The zero-order valence-corrected chi connectivity index (χ0v) is 26.9. The first kappa shape index (κ1) is 39.3. The molecule has 10 heteroatoms. The lowest BCUT2D eigenvalue weighted by Crippen LogP contribution is -2.55. The molecular weight excluding hydrogens is 576 g/mol. The Morgan fingerprint density at radius 2 is 1.62 bits per heavy atom. The van der Waals surface area contributed by atoms with Crippen LogP contribution in [0.1, 0.15) is 103 Å². The van der Waals surface area contributed by atoms with Crippen LogP contribution in [0.25, 0.3) is 0 Å². The van der Waals surface area contributed by atoms with Crippen molar-refractivity contribution in [3.05, 3.63) is 42.0 Å². The number of primary amides is 1. The number of rotatable bonds is 25. The number of benzene rings is 1. The Kier molecular flexibility index (Phi) is 19.9. The van der Waals surface area contributed by atoms with Crippen molar-refractivity contribution in [1.82, 2.24) is 5.32 Å². The monoisotopic (exact) mass is 628 g/mol. The van der Waals surface area contributed by atoms with E-state index < -0.39 is 48.4 Å². The van der Waals surface area contributed by atoms with Crippen molar-refractivity contribution >= 4 is 23.6 Å². The molecule has 1 aromatic rings. The first-order valence-corrected chi connectivity index (χ1v) is 16.0. The van der Waals surface area contributed by atoms with Gasteiger partial charge in [0.05, 0.1) is 5.92 Å². The molecular formula is C35H52N2O8. The van der Waals surface area contributed by atoms with Gasteiger partial charge in [0.1, 0.15) is 24.2 Å². The maximum Gasteiger partial charge on any atom is 0.336 e. The molecule has 2 amide bonds. The summed E-state index contributed by atoms with van der Waals surface area (Å²) in [6, 6.07) is 5.61. The lowest BCUT2D eigenvalue weighted by molar-refractivity contribution is -0.168. The van der Waals surface area contributed by atoms with Crippen molar-refractivity contribution in [2.45, 2.75) is 115 Å². The van der Waals surface area contributed by atoms with Crippen LogP contribution < -0.4 is 15.8 Å². The Morgan fingerprint density at radius 3 is 2.18 bits per heavy atom. The number of hydrogen-bond donors (Lipinski definition) is 5. The third-order valence-electron chi connectivity index (χ3n) is 7.64. The SMILES string of the molecule is CC#CCOc1ccc(C[C@H](NC(=O)[C@@H](/C=C/CCCCCCC(=O)CCCCCCC)[C@@](O)(CCO)C(=O)O)C(N)=O)cc1. The number of carbonyl (C=O) groups excluding carboxylic acids is 3. The summed E-state index contributed by atoms with van der Waals surface area (Å²) in [6.07, 6.45) is 13.0. The van der Waals surface area contributed by atoms with Crippen molar-refractivity contribution in [3.63, 3.8) is 0 Å². The second-order valence-electron chi connectivity index (χ2n) is 11.3. The number of carboxylic acids is 1. The molecule has 0 fully saturated rings. The summed E-state index contributed by atoms with van der Waals surface area (Å²) in [6.45, 7) is 3.42. The topological polar surface area (TPSA) is 176 Å². The minimum absolute atomic E-state index is 0.0272. The molecule has 3 atom stereocenters. The predicted octanol–water partition coefficient (Wildman–Crippen LogP) is 4.24. The molecule has 0 bridgehead atoms. The van der Waals surface area contributed by atoms with Crippen LogP contribution in [0, 0.1) is 17.8 Å². The van der Waals surface area contributed by atoms with Crippen molar-refractivity contribution < 1.29 is 39.2 Å². The molecule has 0 aromatic heterocycles. The fourth-order valence-electron chi connectivity index (χ4n) is 4.88. The summed E-state index contributed by atoms with van der Waals surface area (Å²) in [5, 5.41) is 32.7. The number of nitrogens with two attached hydrogens (primary N) is 1. The van der Waals surface area contributed by atoms with E-state index in [-0.39, 0.29) is 13.0 Å². The summed E-state index contributed by atoms with van der Waals surface area (Å²) >= 11 is 0. The average Bonchev–Trinajstić information content (AvgIpc) is 3.00. The number of nitrogens with one attached hydrogen (secondary N) is 1. The predicted molar refractivity (Wildman–Crippen MR) is 173 cm³/mol. The third-order valence-corrected chi connectivity index (χ3v) is 7.64. The second-order valence-corrected chi connectivity index (χ2v) is 11.3. The van der Waals surface area contributed by atoms with Gasteiger partial charge in [-0.15, -0.1) is 5.92 Å². The number of carbonyl (C=O) groups is 4. The summed E-state index contributed by atoms with van der Waals surface area (Å²) in [7, 11) is 0. The van der Waals surface area contributed by atoms with Gasteiger partial charge in [-0.25, -0.2) is 4.79 Å². The highest BCUT2D eigenvalue weighted by atomic mass is 16.5. The van der Waals surface area contributed by atoms with Crippen molar-refractivity contribution in [2.75, 3.05) is 13.2 Å². The minimum Gasteiger partial charge on any atom is -0.481 e. The number of aliphatic hydroxyl groups is 2. The van der Waals surface area contributed by atoms with Gasteiger partial charge >= 0.3 is 5.97 Å². The number of aliphatic hydroxyl groups excluding tert-OH is 1. The molecule has 250 valence electrons. The quantitative estimate of drug-likeness (QED) is 0.0607. The highest BCUT2D eigenvalue weighted by Gasteiger charge is 2.47. The van der Waals surface area contributed by atoms with Crippen molar-refractivity contribution in [2.24, 2.45) is 11.7 Å². The van der Waals surface area contributed by atoms with Gasteiger partial charge < -0.3 is 31.1 Å². The second kappa shape index (κ2) is 22.8. The molecule has 45 heavy (non-hydrogen) atoms. The molecule has 1 rings (SSSR count). The van der Waals surface area contributed by atoms with E-state index in [1.54, 1.807) is 37.3 Å². The van der Waals surface area contributed by atoms with Crippen LogP contribution in [0.3, 0.4) is 0 Å². The number of unbranched alkanes of at least 4 members (excludes halogenated alkanes) is 8. The van der Waals surface area contributed by atoms with Crippen LogP contribution in [-0.4, -0.2) is 63.7 Å². The molecule has 0 aliphatic heterocycles. The Hall–Kier alpha value is -3.68. The van der Waals surface area contributed by atoms with Crippen LogP contribution >= 0.6 is 0 Å². The van der Waals surface area contributed by atoms with E-state index in [1.165, 1.54) is 25.3 Å². The van der Waals surface area contributed by atoms with Gasteiger partial charge in [-0.2, -0.15) is 0 Å². The lowest BCUT2D eigenvalue weighted by Gasteiger charge is -2.30. The van der Waals surface area contributed by atoms with Crippen molar-refractivity contribution in [1.29, 1.82) is 0 Å². The largest absolute Gasteiger partial charge is 0.481 e. The number of allylic oxidation sites excluding steroid dienone is 1. The molecule has 0 aliphatic rings. The maximum absolute atomic E-state index is 13.3. The lowest BCUT2D eigenvalue weighted by atomic mass is 9.83. The van der Waals surface area contributed by atoms with Gasteiger partial charge in [-0.1, -0.05) is 75.7 Å². The van der Waals surface area contributed by atoms with Crippen LogP contribution in [0.4, 0.5) is 0 Å². The van der Waals surface area contributed by atoms with Gasteiger partial charge in [-0.05, 0) is 50.3 Å². The van der Waals surface area contributed by atoms with Gasteiger partial charge in [0.15, 0.2) is 5.60 Å². The molecule has 0 aliphatic carbocycles. The summed E-state index contributed by atoms with van der Waals surface area (Å²) in [5.41, 5.74) is 3.62. The minimum atomic E-state index is -2.60. The maximum atomic E-state index is 13.3. The molecule has 0 spiro atoms. The van der Waals surface area contributed by atoms with Crippen LogP contribution in [-0.2, 0) is 25.6 Å². The molecule has 10 nitrogen and oxygen atoms in total. The Labute approximate surface area is 267 Å². The standard InChI is InChI=1S/C35H52N2O8/c1-3-5-7-10-13-16-28(39)17-14-11-8-9-12-15-18-30(35(44,23-24-38)34(42)43)33(41)37-31(32(36)40)26-27-19-21-29(22-20-27)45-25-6-4-2/h15,18-22,30-31,38,44H,3,5,7-14,16-17,23-26H2,1-2H3,(H2,36,40)(H,37,41)(H,42,43)/b18-15+/t30-,31+,35+/m1/s1. The van der Waals surface area contributed by atoms with Gasteiger partial charge in [0.2, 0.25) is 11.8 Å². The van der Waals surface area contributed by atoms with Crippen LogP contribution in [0.5, 0.6) is 5.75 Å². The Bertz CT molecular complexity index is 1140. The average molecular weight is 629 g/mol. The van der Waals surface area contributed by atoms with Gasteiger partial charge in [0.25, 0.3) is 0 Å². The fourth-order valence-corrected chi connectivity index (χ4v) is 4.88. The van der Waals surface area contributed by atoms with Crippen LogP contribution in [0.2, 0.25) is 0 Å². The summed E-state index contributed by atoms with van der Waals surface area (Å²) in [4.78, 5) is 49.7. The van der Waals surface area contributed by atoms with E-state index in [0.717, 1.165) is 38.5 Å². The summed E-state index contributed by atoms with van der Waals surface area (Å²) < 4.78 is 5.48. The molecule has 0 heterocycles. The zero-order chi connectivity index (χ0) is 33.5. The van der Waals surface area contributed by atoms with E-state index in [1.807, 2.05) is 0 Å². The highest BCUT2D eigenvalue weighted by molar-refractivity contribution is 5.93. The number of hydrogen-bond acceptors (Lipinski definition) is 7. The number of Topliss-reactive ketones (excluding diaryl/α,β-unsaturated/α-hetero) is 1. The normalized spacial score (nSPS) is 13.7. The third kappa shape index (κ3) is 15.7. The highest BCUT2D eigenvalue weighted by Crippen LogP contribution is 2.25. The molecule has 6 N–H and O–H groups in total. The number of carboxylic acid groups (broad SMARTS) is 1. The Balaban J connectivity index is 2.76. The van der Waals surface area contributed by atoms with Crippen molar-refractivity contribution in [3.8, 4) is 17.6 Å². The number of ether oxygens (including phenoxy) is 1. The van der Waals surface area contributed by atoms with E-state index in [0.29, 0.717) is 36.4 Å². The number of aliphatic carboxylic acids is 1. The number of ketones is 1. The smallest absolute Gasteiger partial charge is 0.336 e. The molecule has 0 saturated heterocycles. The summed E-state index contributed by atoms with van der Waals surface area (Å²) in [5.74, 6) is 1.39.